The summed E-state index contributed by atoms with van der Waals surface area (Å²) in [5, 5.41) is 3.46. The zero-order valence-corrected chi connectivity index (χ0v) is 8.01. The quantitative estimate of drug-likeness (QED) is 0.664. The molecule has 1 unspecified atom stereocenters. The monoisotopic (exact) mass is 166 g/mol. The second-order valence-corrected chi connectivity index (χ2v) is 3.24. The molecule has 0 aromatic carbocycles. The van der Waals surface area contributed by atoms with Crippen molar-refractivity contribution >= 4 is 6.21 Å². The largest absolute Gasteiger partial charge is 0.290 e. The number of rotatable bonds is 5. The van der Waals surface area contributed by atoms with Gasteiger partial charge in [-0.05, 0) is 31.5 Å². The maximum absolute atomic E-state index is 4.45. The summed E-state index contributed by atoms with van der Waals surface area (Å²) in [6.07, 6.45) is 9.50. The van der Waals surface area contributed by atoms with Gasteiger partial charge in [-0.25, -0.2) is 0 Å². The van der Waals surface area contributed by atoms with Crippen molar-refractivity contribution in [2.24, 2.45) is 4.99 Å². The first-order valence-electron chi connectivity index (χ1n) is 4.81. The van der Waals surface area contributed by atoms with Crippen LogP contribution in [0.1, 0.15) is 33.1 Å². The number of allylic oxidation sites excluding steroid dienone is 1. The van der Waals surface area contributed by atoms with Crippen LogP contribution >= 0.6 is 0 Å². The Hall–Kier alpha value is -0.630. The van der Waals surface area contributed by atoms with Crippen molar-refractivity contribution in [1.29, 1.82) is 0 Å². The van der Waals surface area contributed by atoms with E-state index in [1.54, 1.807) is 0 Å². The fraction of sp³-hybridized carbons (Fsp3) is 0.700. The predicted octanol–water partition coefficient (Wildman–Crippen LogP) is 2.12. The van der Waals surface area contributed by atoms with Gasteiger partial charge in [-0.2, -0.15) is 0 Å². The maximum Gasteiger partial charge on any atom is 0.129 e. The Labute approximate surface area is 74.8 Å². The molecule has 0 bridgehead atoms. The van der Waals surface area contributed by atoms with E-state index >= 15 is 0 Å². The third-order valence-electron chi connectivity index (χ3n) is 2.08. The molecule has 2 heteroatoms. The van der Waals surface area contributed by atoms with Gasteiger partial charge in [-0.3, -0.25) is 10.3 Å². The molecule has 1 rings (SSSR count). The summed E-state index contributed by atoms with van der Waals surface area (Å²) >= 11 is 0. The lowest BCUT2D eigenvalue weighted by atomic mass is 10.1. The molecule has 0 fully saturated rings. The van der Waals surface area contributed by atoms with Gasteiger partial charge in [0, 0.05) is 6.21 Å². The van der Waals surface area contributed by atoms with Crippen LogP contribution in [0.25, 0.3) is 0 Å². The van der Waals surface area contributed by atoms with Crippen molar-refractivity contribution < 1.29 is 0 Å². The van der Waals surface area contributed by atoms with Gasteiger partial charge in [0.1, 0.15) is 5.66 Å². The van der Waals surface area contributed by atoms with Crippen LogP contribution in [0.15, 0.2) is 17.1 Å². The van der Waals surface area contributed by atoms with Gasteiger partial charge >= 0.3 is 0 Å². The second kappa shape index (κ2) is 4.41. The number of hydrogen-bond acceptors (Lipinski definition) is 2. The van der Waals surface area contributed by atoms with Gasteiger partial charge in [-0.1, -0.05) is 20.3 Å². The molecule has 0 aromatic heterocycles. The van der Waals surface area contributed by atoms with Crippen LogP contribution in [0.5, 0.6) is 0 Å². The lowest BCUT2D eigenvalue weighted by molar-refractivity contribution is 0.393. The molecule has 0 aliphatic carbocycles. The van der Waals surface area contributed by atoms with E-state index in [0.29, 0.717) is 0 Å². The molecule has 12 heavy (non-hydrogen) atoms. The van der Waals surface area contributed by atoms with E-state index in [-0.39, 0.29) is 5.66 Å². The third kappa shape index (κ3) is 2.18. The molecule has 1 heterocycles. The lowest BCUT2D eigenvalue weighted by Crippen LogP contribution is -2.40. The average molecular weight is 166 g/mol. The first-order chi connectivity index (χ1) is 5.83. The SMILES string of the molecule is CCCNC1(CCC)C=CC=N1. The van der Waals surface area contributed by atoms with E-state index in [4.69, 9.17) is 0 Å². The van der Waals surface area contributed by atoms with Gasteiger partial charge in [-0.15, -0.1) is 0 Å². The molecule has 1 aliphatic rings. The molecule has 1 aliphatic heterocycles. The first-order valence-corrected chi connectivity index (χ1v) is 4.81. The summed E-state index contributed by atoms with van der Waals surface area (Å²) in [6, 6.07) is 0. The van der Waals surface area contributed by atoms with Crippen LogP contribution in [0.4, 0.5) is 0 Å². The Kier molecular flexibility index (Phi) is 3.48. The minimum absolute atomic E-state index is 0.0647. The highest BCUT2D eigenvalue weighted by Crippen LogP contribution is 2.19. The van der Waals surface area contributed by atoms with Crippen LogP contribution in [0.2, 0.25) is 0 Å². The van der Waals surface area contributed by atoms with Crippen LogP contribution in [0, 0.1) is 0 Å². The predicted molar refractivity (Wildman–Crippen MR) is 53.6 cm³/mol. The summed E-state index contributed by atoms with van der Waals surface area (Å²) in [4.78, 5) is 4.45. The number of nitrogens with zero attached hydrogens (tertiary/aromatic N) is 1. The Morgan fingerprint density at radius 2 is 2.17 bits per heavy atom. The molecule has 0 radical (unpaired) electrons. The fourth-order valence-corrected chi connectivity index (χ4v) is 1.48. The third-order valence-corrected chi connectivity index (χ3v) is 2.08. The summed E-state index contributed by atoms with van der Waals surface area (Å²) in [5.41, 5.74) is -0.0647. The maximum atomic E-state index is 4.45. The van der Waals surface area contributed by atoms with Gasteiger partial charge in [0.25, 0.3) is 0 Å². The van der Waals surface area contributed by atoms with Gasteiger partial charge in [0.15, 0.2) is 0 Å². The summed E-state index contributed by atoms with van der Waals surface area (Å²) in [5.74, 6) is 0. The Morgan fingerprint density at radius 1 is 1.33 bits per heavy atom. The van der Waals surface area contributed by atoms with E-state index in [0.717, 1.165) is 19.4 Å². The number of aliphatic imine (C=N–C) groups is 1. The molecule has 2 nitrogen and oxygen atoms in total. The summed E-state index contributed by atoms with van der Waals surface area (Å²) < 4.78 is 0. The molecule has 0 aromatic rings. The highest BCUT2D eigenvalue weighted by Gasteiger charge is 2.24. The van der Waals surface area contributed by atoms with E-state index < -0.39 is 0 Å². The van der Waals surface area contributed by atoms with Crippen LogP contribution in [-0.2, 0) is 0 Å². The highest BCUT2D eigenvalue weighted by molar-refractivity contribution is 5.75. The molecule has 68 valence electrons. The topological polar surface area (TPSA) is 24.4 Å². The average Bonchev–Trinajstić information content (AvgIpc) is 2.51. The Balaban J connectivity index is 2.48. The molecule has 0 amide bonds. The summed E-state index contributed by atoms with van der Waals surface area (Å²) in [7, 11) is 0. The number of hydrogen-bond donors (Lipinski definition) is 1. The molecular formula is C10H18N2. The minimum atomic E-state index is -0.0647. The number of nitrogens with one attached hydrogen (secondary N) is 1. The normalized spacial score (nSPS) is 26.8. The van der Waals surface area contributed by atoms with Crippen molar-refractivity contribution in [1.82, 2.24) is 5.32 Å². The molecule has 1 atom stereocenters. The van der Waals surface area contributed by atoms with Crippen LogP contribution in [0.3, 0.4) is 0 Å². The minimum Gasteiger partial charge on any atom is -0.290 e. The van der Waals surface area contributed by atoms with E-state index in [1.165, 1.54) is 6.42 Å². The lowest BCUT2D eigenvalue weighted by Gasteiger charge is -2.24. The zero-order chi connectivity index (χ0) is 8.86. The smallest absolute Gasteiger partial charge is 0.129 e. The summed E-state index contributed by atoms with van der Waals surface area (Å²) in [6.45, 7) is 5.41. The van der Waals surface area contributed by atoms with Crippen molar-refractivity contribution in [3.05, 3.63) is 12.2 Å². The molecule has 0 spiro atoms. The van der Waals surface area contributed by atoms with Gasteiger partial charge < -0.3 is 0 Å². The fourth-order valence-electron chi connectivity index (χ4n) is 1.48. The van der Waals surface area contributed by atoms with Gasteiger partial charge in [0.05, 0.1) is 0 Å². The molecular weight excluding hydrogens is 148 g/mol. The standard InChI is InChI=1S/C10H18N2/c1-3-6-10(11-8-4-2)7-5-9-12-10/h5,7,9,11H,3-4,6,8H2,1-2H3. The highest BCUT2D eigenvalue weighted by atomic mass is 15.1. The van der Waals surface area contributed by atoms with Crippen molar-refractivity contribution in [2.45, 2.75) is 38.8 Å². The van der Waals surface area contributed by atoms with Crippen LogP contribution in [-0.4, -0.2) is 18.4 Å². The van der Waals surface area contributed by atoms with Crippen molar-refractivity contribution in [3.63, 3.8) is 0 Å². The Bertz CT molecular complexity index is 170. The first kappa shape index (κ1) is 9.46. The second-order valence-electron chi connectivity index (χ2n) is 3.24. The van der Waals surface area contributed by atoms with Crippen LogP contribution < -0.4 is 5.32 Å². The molecule has 1 N–H and O–H groups in total. The van der Waals surface area contributed by atoms with Crippen molar-refractivity contribution in [3.8, 4) is 0 Å². The molecule has 0 saturated carbocycles. The van der Waals surface area contributed by atoms with E-state index in [1.807, 2.05) is 12.3 Å². The Morgan fingerprint density at radius 3 is 2.67 bits per heavy atom. The zero-order valence-electron chi connectivity index (χ0n) is 8.01. The molecule has 0 saturated heterocycles. The van der Waals surface area contributed by atoms with Crippen molar-refractivity contribution in [2.75, 3.05) is 6.54 Å². The van der Waals surface area contributed by atoms with E-state index in [2.05, 4.69) is 30.2 Å². The van der Waals surface area contributed by atoms with Gasteiger partial charge in [0.2, 0.25) is 0 Å². The van der Waals surface area contributed by atoms with E-state index in [9.17, 15) is 0 Å².